The Bertz CT molecular complexity index is 1140. The van der Waals surface area contributed by atoms with E-state index in [0.29, 0.717) is 17.0 Å². The molecule has 0 aliphatic carbocycles. The van der Waals surface area contributed by atoms with Gasteiger partial charge in [0.05, 0.1) is 21.9 Å². The van der Waals surface area contributed by atoms with Gasteiger partial charge in [0, 0.05) is 0 Å². The summed E-state index contributed by atoms with van der Waals surface area (Å²) < 4.78 is 0. The van der Waals surface area contributed by atoms with E-state index in [1.165, 1.54) is 18.2 Å². The number of benzene rings is 2. The minimum Gasteiger partial charge on any atom is -0.873 e. The maximum atomic E-state index is 12.2. The van der Waals surface area contributed by atoms with Crippen LogP contribution in [-0.4, -0.2) is 21.2 Å². The van der Waals surface area contributed by atoms with Crippen molar-refractivity contribution < 1.29 is 26.7 Å². The Kier molecular flexibility index (Phi) is 10.9. The molecule has 0 unspecified atom stereocenters. The van der Waals surface area contributed by atoms with E-state index in [0.717, 1.165) is 16.8 Å². The van der Waals surface area contributed by atoms with Gasteiger partial charge in [0.25, 0.3) is 0 Å². The van der Waals surface area contributed by atoms with Gasteiger partial charge in [-0.2, -0.15) is 0 Å². The Morgan fingerprint density at radius 3 is 1.53 bits per heavy atom. The topological polar surface area (TPSA) is 97.2 Å². The molecule has 0 N–H and O–H groups in total. The van der Waals surface area contributed by atoms with Crippen molar-refractivity contribution >= 4 is 35.1 Å². The second-order valence-electron chi connectivity index (χ2n) is 10.5. The molecule has 0 saturated carbocycles. The number of hydrogen-bond acceptors (Lipinski definition) is 6. The molecule has 196 valence electrons. The van der Waals surface area contributed by atoms with Gasteiger partial charge in [0.1, 0.15) is 12.7 Å². The zero-order valence-corrected chi connectivity index (χ0v) is 24.6. The second kappa shape index (κ2) is 12.4. The van der Waals surface area contributed by atoms with E-state index in [9.17, 15) is 10.2 Å². The monoisotopic (exact) mass is 572 g/mol. The van der Waals surface area contributed by atoms with Gasteiger partial charge in [-0.05, 0) is 53.9 Å². The first-order chi connectivity index (χ1) is 16.1. The summed E-state index contributed by atoms with van der Waals surface area (Å²) in [4.78, 5) is 16.2. The molecule has 36 heavy (non-hydrogen) atoms. The van der Waals surface area contributed by atoms with Crippen LogP contribution in [-0.2, 0) is 27.3 Å². The first-order valence-electron chi connectivity index (χ1n) is 11.2. The van der Waals surface area contributed by atoms with Crippen molar-refractivity contribution in [2.24, 2.45) is 4.99 Å². The Labute approximate surface area is 234 Å². The van der Waals surface area contributed by atoms with Gasteiger partial charge in [-0.25, -0.2) is 15.0 Å². The van der Waals surface area contributed by atoms with Crippen molar-refractivity contribution in [3.05, 3.63) is 68.5 Å². The van der Waals surface area contributed by atoms with Crippen LogP contribution in [0.25, 0.3) is 0 Å². The Balaban J connectivity index is 0.000000351. The molecular weight excluding hydrogens is 542 g/mol. The molecule has 0 fully saturated rings. The number of halogens is 2. The number of aliphatic imine (C=N–C) groups is 1. The molecule has 3 aromatic rings. The number of hydrogen-bond donors (Lipinski definition) is 0. The first kappa shape index (κ1) is 31.8. The number of nitrogens with zero attached hydrogens (tertiary/aromatic N) is 4. The van der Waals surface area contributed by atoms with Crippen molar-refractivity contribution in [1.82, 2.24) is 15.0 Å². The third-order valence-corrected chi connectivity index (χ3v) is 6.10. The minimum absolute atomic E-state index is 0. The van der Waals surface area contributed by atoms with Crippen LogP contribution in [0.15, 0.2) is 29.8 Å². The van der Waals surface area contributed by atoms with Crippen LogP contribution < -0.4 is 10.2 Å². The average molecular weight is 574 g/mol. The fraction of sp³-hybridized carbons (Fsp3) is 0.407. The summed E-state index contributed by atoms with van der Waals surface area (Å²) >= 11 is 12.4. The molecule has 6 nitrogen and oxygen atoms in total. The third kappa shape index (κ3) is 7.65. The van der Waals surface area contributed by atoms with E-state index in [4.69, 9.17) is 23.2 Å². The molecule has 0 spiro atoms. The molecule has 0 radical (unpaired) electrons. The van der Waals surface area contributed by atoms with Gasteiger partial charge in [-0.15, -0.1) is 11.5 Å². The molecule has 0 aliphatic rings. The quantitative estimate of drug-likeness (QED) is 0.265. The summed E-state index contributed by atoms with van der Waals surface area (Å²) in [7, 11) is 0. The number of rotatable bonds is 2. The molecule has 2 aromatic carbocycles. The fourth-order valence-corrected chi connectivity index (χ4v) is 4.73. The summed E-state index contributed by atoms with van der Waals surface area (Å²) in [6, 6.07) is 4.24. The zero-order valence-electron chi connectivity index (χ0n) is 22.1. The van der Waals surface area contributed by atoms with Crippen LogP contribution in [0.2, 0.25) is 10.0 Å². The van der Waals surface area contributed by atoms with E-state index < -0.39 is 22.3 Å². The zero-order chi connectivity index (χ0) is 26.7. The standard InChI is InChI=1S/C14H20Cl2O2.C13H14N4.Ni/c1-13(2,3)7-9(15)10(16)8(14(4,5)6)12(18)11(7)17;1-9-4-10(2)13(11(3)5-9)15-6-12-16-7-14-8-17-12;/h17-18H,1-6H3;4-8H,1-3H3;/q;;+2/p-2. The predicted octanol–water partition coefficient (Wildman–Crippen LogP) is 6.28. The maximum absolute atomic E-state index is 12.2. The van der Waals surface area contributed by atoms with E-state index in [1.54, 1.807) is 6.21 Å². The summed E-state index contributed by atoms with van der Waals surface area (Å²) in [5.41, 5.74) is 4.14. The Morgan fingerprint density at radius 2 is 1.17 bits per heavy atom. The first-order valence-corrected chi connectivity index (χ1v) is 11.9. The molecule has 3 rings (SSSR count). The molecule has 0 bridgehead atoms. The van der Waals surface area contributed by atoms with Gasteiger partial charge in [-0.1, -0.05) is 82.4 Å². The van der Waals surface area contributed by atoms with Crippen LogP contribution in [0.3, 0.4) is 0 Å². The largest absolute Gasteiger partial charge is 2.00 e. The summed E-state index contributed by atoms with van der Waals surface area (Å²) in [6.07, 6.45) is 4.58. The molecule has 1 aromatic heterocycles. The molecule has 0 atom stereocenters. The normalized spacial score (nSPS) is 11.6. The van der Waals surface area contributed by atoms with Gasteiger partial charge in [0.15, 0.2) is 5.82 Å². The molecule has 0 amide bonds. The van der Waals surface area contributed by atoms with Crippen LogP contribution in [0.1, 0.15) is 75.2 Å². The maximum Gasteiger partial charge on any atom is 2.00 e. The van der Waals surface area contributed by atoms with Crippen molar-refractivity contribution in [2.75, 3.05) is 0 Å². The van der Waals surface area contributed by atoms with Crippen LogP contribution in [0.5, 0.6) is 11.5 Å². The summed E-state index contributed by atoms with van der Waals surface area (Å²) in [5.74, 6) is -0.511. The minimum atomic E-state index is -0.540. The Hall–Kier alpha value is -2.21. The van der Waals surface area contributed by atoms with E-state index >= 15 is 0 Å². The van der Waals surface area contributed by atoms with Crippen molar-refractivity contribution in [3.63, 3.8) is 0 Å². The van der Waals surface area contributed by atoms with Crippen molar-refractivity contribution in [1.29, 1.82) is 0 Å². The Morgan fingerprint density at radius 1 is 0.778 bits per heavy atom. The van der Waals surface area contributed by atoms with Gasteiger partial charge < -0.3 is 10.2 Å². The number of aromatic nitrogens is 3. The predicted molar refractivity (Wildman–Crippen MR) is 140 cm³/mol. The van der Waals surface area contributed by atoms with Crippen LogP contribution in [0.4, 0.5) is 5.69 Å². The van der Waals surface area contributed by atoms with E-state index in [-0.39, 0.29) is 26.5 Å². The fourth-order valence-electron chi connectivity index (χ4n) is 3.80. The van der Waals surface area contributed by atoms with Crippen molar-refractivity contribution in [2.45, 2.75) is 73.1 Å². The van der Waals surface area contributed by atoms with E-state index in [1.807, 2.05) is 41.5 Å². The van der Waals surface area contributed by atoms with E-state index in [2.05, 4.69) is 52.8 Å². The molecule has 0 saturated heterocycles. The number of aryl methyl sites for hydroxylation is 3. The summed E-state index contributed by atoms with van der Waals surface area (Å²) in [5, 5.41) is 24.8. The summed E-state index contributed by atoms with van der Waals surface area (Å²) in [6.45, 7) is 17.2. The van der Waals surface area contributed by atoms with Gasteiger partial charge >= 0.3 is 16.5 Å². The second-order valence-corrected chi connectivity index (χ2v) is 11.3. The SMILES string of the molecule is CC(C)(C)c1c([O-])c([O-])c(C(C)(C)C)c(Cl)c1Cl.Cc1cc(C)c(N=Cc2ncncn2)c(C)c1.[Ni+2]. The molecule has 1 heterocycles. The molecule has 0 aliphatic heterocycles. The molecule has 9 heteroatoms. The molecular formula is C27H32Cl2N4NiO2. The average Bonchev–Trinajstić information content (AvgIpc) is 2.71. The van der Waals surface area contributed by atoms with Gasteiger partial charge in [-0.3, -0.25) is 4.99 Å². The van der Waals surface area contributed by atoms with Crippen LogP contribution >= 0.6 is 23.2 Å². The van der Waals surface area contributed by atoms with Crippen LogP contribution in [0, 0.1) is 20.8 Å². The third-order valence-electron chi connectivity index (χ3n) is 5.25. The van der Waals surface area contributed by atoms with Gasteiger partial charge in [0.2, 0.25) is 0 Å². The smallest absolute Gasteiger partial charge is 0.873 e. The van der Waals surface area contributed by atoms with Crippen molar-refractivity contribution in [3.8, 4) is 11.5 Å².